The zero-order valence-electron chi connectivity index (χ0n) is 18.4. The Bertz CT molecular complexity index is 954. The van der Waals surface area contributed by atoms with Crippen LogP contribution in [0.3, 0.4) is 0 Å². The van der Waals surface area contributed by atoms with Crippen molar-refractivity contribution in [3.63, 3.8) is 0 Å². The molecule has 31 heavy (non-hydrogen) atoms. The Balaban J connectivity index is 2.01. The Kier molecular flexibility index (Phi) is 7.15. The van der Waals surface area contributed by atoms with Gasteiger partial charge in [0.15, 0.2) is 0 Å². The fraction of sp³-hybridized carbons (Fsp3) is 0.458. The number of amides is 2. The minimum absolute atomic E-state index is 0.124. The first-order chi connectivity index (χ1) is 14.7. The van der Waals surface area contributed by atoms with Gasteiger partial charge in [-0.05, 0) is 50.7 Å². The van der Waals surface area contributed by atoms with E-state index in [-0.39, 0.29) is 34.7 Å². The molecule has 1 aromatic carbocycles. The monoisotopic (exact) mass is 442 g/mol. The molecule has 7 heteroatoms. The van der Waals surface area contributed by atoms with E-state index in [1.807, 2.05) is 44.2 Å². The predicted octanol–water partition coefficient (Wildman–Crippen LogP) is 4.80. The summed E-state index contributed by atoms with van der Waals surface area (Å²) in [5.74, 6) is -1.27. The molecule has 1 fully saturated rings. The van der Waals surface area contributed by atoms with E-state index in [0.717, 1.165) is 23.3 Å². The SMILES string of the molecule is CC(=O)NC1CC(C)CCC1C(=O)N(c1cc(-c2ccccc2)sc1C(=O)O)C(C)C. The summed E-state index contributed by atoms with van der Waals surface area (Å²) in [4.78, 5) is 40.1. The van der Waals surface area contributed by atoms with Crippen molar-refractivity contribution in [3.05, 3.63) is 41.3 Å². The van der Waals surface area contributed by atoms with Gasteiger partial charge in [-0.15, -0.1) is 11.3 Å². The summed E-state index contributed by atoms with van der Waals surface area (Å²) in [6.07, 6.45) is 2.32. The van der Waals surface area contributed by atoms with Gasteiger partial charge in [0, 0.05) is 23.9 Å². The van der Waals surface area contributed by atoms with Crippen LogP contribution in [0.5, 0.6) is 0 Å². The van der Waals surface area contributed by atoms with Crippen molar-refractivity contribution in [1.82, 2.24) is 5.32 Å². The number of carboxylic acids is 1. The number of aromatic carboxylic acids is 1. The van der Waals surface area contributed by atoms with Crippen LogP contribution >= 0.6 is 11.3 Å². The van der Waals surface area contributed by atoms with E-state index in [1.165, 1.54) is 18.3 Å². The standard InChI is InChI=1S/C24H30N2O4S/c1-14(2)26(23(28)18-11-10-15(3)12-19(18)25-16(4)27)20-13-21(31-22(20)24(29)30)17-8-6-5-7-9-17/h5-9,13-15,18-19H,10-12H2,1-4H3,(H,25,27)(H,29,30). The minimum atomic E-state index is -1.05. The minimum Gasteiger partial charge on any atom is -0.477 e. The van der Waals surface area contributed by atoms with Crippen LogP contribution < -0.4 is 10.2 Å². The fourth-order valence-corrected chi connectivity index (χ4v) is 5.38. The molecule has 1 heterocycles. The van der Waals surface area contributed by atoms with Gasteiger partial charge in [-0.25, -0.2) is 4.79 Å². The molecule has 166 valence electrons. The van der Waals surface area contributed by atoms with Crippen molar-refractivity contribution in [2.45, 2.75) is 59.0 Å². The van der Waals surface area contributed by atoms with Gasteiger partial charge in [0.2, 0.25) is 11.8 Å². The number of anilines is 1. The van der Waals surface area contributed by atoms with Gasteiger partial charge in [0.1, 0.15) is 4.88 Å². The molecule has 6 nitrogen and oxygen atoms in total. The van der Waals surface area contributed by atoms with Gasteiger partial charge in [-0.1, -0.05) is 37.3 Å². The Labute approximate surface area is 187 Å². The zero-order valence-corrected chi connectivity index (χ0v) is 19.2. The average molecular weight is 443 g/mol. The number of thiophene rings is 1. The second-order valence-corrected chi connectivity index (χ2v) is 9.68. The smallest absolute Gasteiger partial charge is 0.348 e. The zero-order chi connectivity index (χ0) is 22.7. The number of carbonyl (C=O) groups is 3. The van der Waals surface area contributed by atoms with Crippen molar-refractivity contribution >= 4 is 34.8 Å². The lowest BCUT2D eigenvalue weighted by Gasteiger charge is -2.38. The maximum Gasteiger partial charge on any atom is 0.348 e. The Morgan fingerprint density at radius 1 is 1.16 bits per heavy atom. The molecule has 0 spiro atoms. The third kappa shape index (κ3) is 5.15. The molecular weight excluding hydrogens is 412 g/mol. The highest BCUT2D eigenvalue weighted by atomic mass is 32.1. The predicted molar refractivity (Wildman–Crippen MR) is 123 cm³/mol. The molecule has 1 aliphatic carbocycles. The maximum atomic E-state index is 13.7. The van der Waals surface area contributed by atoms with Gasteiger partial charge < -0.3 is 15.3 Å². The lowest BCUT2D eigenvalue weighted by atomic mass is 9.78. The summed E-state index contributed by atoms with van der Waals surface area (Å²) in [5, 5.41) is 12.8. The van der Waals surface area contributed by atoms with Gasteiger partial charge in [-0.2, -0.15) is 0 Å². The lowest BCUT2D eigenvalue weighted by molar-refractivity contribution is -0.126. The lowest BCUT2D eigenvalue weighted by Crippen LogP contribution is -2.52. The van der Waals surface area contributed by atoms with Crippen LogP contribution in [0.25, 0.3) is 10.4 Å². The van der Waals surface area contributed by atoms with E-state index < -0.39 is 5.97 Å². The molecule has 0 bridgehead atoms. The number of carbonyl (C=O) groups excluding carboxylic acids is 2. The van der Waals surface area contributed by atoms with Crippen LogP contribution in [0.4, 0.5) is 5.69 Å². The topological polar surface area (TPSA) is 86.7 Å². The summed E-state index contributed by atoms with van der Waals surface area (Å²) in [6, 6.07) is 10.9. The highest BCUT2D eigenvalue weighted by molar-refractivity contribution is 7.18. The second kappa shape index (κ2) is 9.64. The maximum absolute atomic E-state index is 13.7. The summed E-state index contributed by atoms with van der Waals surface area (Å²) in [5.41, 5.74) is 1.34. The molecule has 2 N–H and O–H groups in total. The van der Waals surface area contributed by atoms with E-state index in [1.54, 1.807) is 11.0 Å². The summed E-state index contributed by atoms with van der Waals surface area (Å²) in [7, 11) is 0. The number of nitrogens with one attached hydrogen (secondary N) is 1. The fourth-order valence-electron chi connectivity index (χ4n) is 4.39. The number of carboxylic acid groups (broad SMARTS) is 1. The number of hydrogen-bond acceptors (Lipinski definition) is 4. The first-order valence-electron chi connectivity index (χ1n) is 10.7. The quantitative estimate of drug-likeness (QED) is 0.673. The second-order valence-electron chi connectivity index (χ2n) is 8.63. The Hall–Kier alpha value is -2.67. The molecule has 1 aliphatic rings. The number of benzene rings is 1. The molecule has 2 aromatic rings. The molecule has 0 radical (unpaired) electrons. The molecule has 2 amide bonds. The molecule has 0 aliphatic heterocycles. The van der Waals surface area contributed by atoms with Gasteiger partial charge >= 0.3 is 5.97 Å². The van der Waals surface area contributed by atoms with Crippen LogP contribution in [-0.4, -0.2) is 35.0 Å². The van der Waals surface area contributed by atoms with Crippen LogP contribution in [0, 0.1) is 11.8 Å². The third-order valence-corrected chi connectivity index (χ3v) is 6.96. The van der Waals surface area contributed by atoms with Gasteiger partial charge in [0.25, 0.3) is 0 Å². The molecule has 3 unspecified atom stereocenters. The van der Waals surface area contributed by atoms with E-state index >= 15 is 0 Å². The van der Waals surface area contributed by atoms with Crippen LogP contribution in [0.15, 0.2) is 36.4 Å². The number of nitrogens with zero attached hydrogens (tertiary/aromatic N) is 1. The number of hydrogen-bond donors (Lipinski definition) is 2. The van der Waals surface area contributed by atoms with Crippen molar-refractivity contribution in [2.75, 3.05) is 4.90 Å². The first kappa shape index (κ1) is 23.0. The molecule has 3 rings (SSSR count). The van der Waals surface area contributed by atoms with E-state index in [0.29, 0.717) is 18.0 Å². The highest BCUT2D eigenvalue weighted by Gasteiger charge is 2.39. The summed E-state index contributed by atoms with van der Waals surface area (Å²) in [6.45, 7) is 7.38. The Morgan fingerprint density at radius 3 is 2.42 bits per heavy atom. The normalized spacial score (nSPS) is 21.0. The van der Waals surface area contributed by atoms with Gasteiger partial charge in [0.05, 0.1) is 11.6 Å². The first-order valence-corrected chi connectivity index (χ1v) is 11.5. The highest BCUT2D eigenvalue weighted by Crippen LogP contribution is 2.39. The van der Waals surface area contributed by atoms with Crippen molar-refractivity contribution in [1.29, 1.82) is 0 Å². The molecule has 3 atom stereocenters. The molecule has 0 saturated heterocycles. The van der Waals surface area contributed by atoms with Crippen LogP contribution in [0.1, 0.15) is 56.6 Å². The van der Waals surface area contributed by atoms with E-state index in [9.17, 15) is 19.5 Å². The number of rotatable bonds is 6. The molecule has 1 aromatic heterocycles. The summed E-state index contributed by atoms with van der Waals surface area (Å²) < 4.78 is 0. The van der Waals surface area contributed by atoms with Crippen molar-refractivity contribution in [3.8, 4) is 10.4 Å². The summed E-state index contributed by atoms with van der Waals surface area (Å²) >= 11 is 1.18. The average Bonchev–Trinajstić information content (AvgIpc) is 3.13. The third-order valence-electron chi connectivity index (χ3n) is 5.80. The molecule has 1 saturated carbocycles. The van der Waals surface area contributed by atoms with Crippen LogP contribution in [0.2, 0.25) is 0 Å². The van der Waals surface area contributed by atoms with E-state index in [2.05, 4.69) is 12.2 Å². The largest absolute Gasteiger partial charge is 0.477 e. The Morgan fingerprint density at radius 2 is 1.84 bits per heavy atom. The van der Waals surface area contributed by atoms with E-state index in [4.69, 9.17) is 0 Å². The van der Waals surface area contributed by atoms with Gasteiger partial charge in [-0.3, -0.25) is 9.59 Å². The van der Waals surface area contributed by atoms with Crippen molar-refractivity contribution < 1.29 is 19.5 Å². The van der Waals surface area contributed by atoms with Crippen LogP contribution in [-0.2, 0) is 9.59 Å². The molecular formula is C24H30N2O4S. The van der Waals surface area contributed by atoms with Crippen molar-refractivity contribution in [2.24, 2.45) is 11.8 Å².